The zero-order chi connectivity index (χ0) is 16.2. The Labute approximate surface area is 129 Å². The maximum Gasteiger partial charge on any atom is 0.319 e. The number of hydrogen-bond donors (Lipinski definition) is 3. The fourth-order valence-corrected chi connectivity index (χ4v) is 1.92. The normalized spacial score (nSPS) is 12.7. The van der Waals surface area contributed by atoms with Gasteiger partial charge < -0.3 is 20.2 Å². The van der Waals surface area contributed by atoms with Crippen molar-refractivity contribution in [3.63, 3.8) is 0 Å². The van der Waals surface area contributed by atoms with Gasteiger partial charge in [0.2, 0.25) is 5.89 Å². The van der Waals surface area contributed by atoms with Crippen molar-refractivity contribution >= 4 is 11.7 Å². The number of hydrogen-bond acceptors (Lipinski definition) is 4. The van der Waals surface area contributed by atoms with Crippen molar-refractivity contribution < 1.29 is 14.3 Å². The molecule has 118 valence electrons. The Kier molecular flexibility index (Phi) is 4.82. The standard InChI is InChI=1S/C16H21N3O3/c1-16(2,3)13(10-20)19-15(21)18-12-6-4-11(5-7-12)14-17-8-9-22-14/h4-9,13,20H,10H2,1-3H3,(H2,18,19,21)/t13-/m1/s1. The lowest BCUT2D eigenvalue weighted by molar-refractivity contribution is 0.162. The van der Waals surface area contributed by atoms with Crippen LogP contribution in [0.1, 0.15) is 20.8 Å². The Morgan fingerprint density at radius 3 is 2.50 bits per heavy atom. The molecule has 22 heavy (non-hydrogen) atoms. The molecule has 6 heteroatoms. The number of aliphatic hydroxyl groups excluding tert-OH is 1. The van der Waals surface area contributed by atoms with Crippen molar-refractivity contribution in [1.29, 1.82) is 0 Å². The number of rotatable bonds is 4. The predicted octanol–water partition coefficient (Wildman–Crippen LogP) is 2.87. The summed E-state index contributed by atoms with van der Waals surface area (Å²) in [5, 5.41) is 14.9. The first-order valence-corrected chi connectivity index (χ1v) is 7.08. The second-order valence-electron chi connectivity index (χ2n) is 6.11. The molecule has 1 aromatic carbocycles. The minimum absolute atomic E-state index is 0.111. The molecule has 0 aliphatic rings. The fourth-order valence-electron chi connectivity index (χ4n) is 1.92. The van der Waals surface area contributed by atoms with Gasteiger partial charge in [0.05, 0.1) is 18.8 Å². The lowest BCUT2D eigenvalue weighted by atomic mass is 9.87. The third kappa shape index (κ3) is 4.08. The molecule has 0 aliphatic carbocycles. The Bertz CT molecular complexity index is 601. The number of aliphatic hydroxyl groups is 1. The Morgan fingerprint density at radius 1 is 1.32 bits per heavy atom. The number of aromatic nitrogens is 1. The lowest BCUT2D eigenvalue weighted by Gasteiger charge is -2.29. The molecular weight excluding hydrogens is 282 g/mol. The number of nitrogens with one attached hydrogen (secondary N) is 2. The highest BCUT2D eigenvalue weighted by Crippen LogP contribution is 2.20. The molecule has 1 heterocycles. The van der Waals surface area contributed by atoms with E-state index in [-0.39, 0.29) is 24.1 Å². The van der Waals surface area contributed by atoms with Gasteiger partial charge in [0, 0.05) is 11.3 Å². The van der Waals surface area contributed by atoms with E-state index < -0.39 is 0 Å². The second-order valence-corrected chi connectivity index (χ2v) is 6.11. The summed E-state index contributed by atoms with van der Waals surface area (Å²) < 4.78 is 5.21. The number of nitrogens with zero attached hydrogens (tertiary/aromatic N) is 1. The van der Waals surface area contributed by atoms with Crippen LogP contribution in [-0.2, 0) is 0 Å². The van der Waals surface area contributed by atoms with E-state index in [0.29, 0.717) is 11.6 Å². The smallest absolute Gasteiger partial charge is 0.319 e. The quantitative estimate of drug-likeness (QED) is 0.810. The zero-order valence-corrected chi connectivity index (χ0v) is 13.0. The molecule has 1 atom stereocenters. The topological polar surface area (TPSA) is 87.4 Å². The highest BCUT2D eigenvalue weighted by molar-refractivity contribution is 5.89. The van der Waals surface area contributed by atoms with Gasteiger partial charge in [-0.25, -0.2) is 9.78 Å². The largest absolute Gasteiger partial charge is 0.445 e. The van der Waals surface area contributed by atoms with E-state index in [0.717, 1.165) is 5.56 Å². The molecule has 0 spiro atoms. The first-order valence-electron chi connectivity index (χ1n) is 7.08. The van der Waals surface area contributed by atoms with E-state index in [1.807, 2.05) is 32.9 Å². The van der Waals surface area contributed by atoms with Crippen LogP contribution in [0.4, 0.5) is 10.5 Å². The number of urea groups is 1. The number of anilines is 1. The summed E-state index contributed by atoms with van der Waals surface area (Å²) in [4.78, 5) is 16.0. The van der Waals surface area contributed by atoms with Crippen molar-refractivity contribution in [3.05, 3.63) is 36.7 Å². The van der Waals surface area contributed by atoms with Gasteiger partial charge >= 0.3 is 6.03 Å². The molecule has 0 bridgehead atoms. The van der Waals surface area contributed by atoms with Gasteiger partial charge in [-0.1, -0.05) is 20.8 Å². The van der Waals surface area contributed by atoms with Crippen LogP contribution in [0.15, 0.2) is 41.1 Å². The minimum atomic E-state index is -0.349. The molecular formula is C16H21N3O3. The first-order chi connectivity index (χ1) is 10.4. The van der Waals surface area contributed by atoms with Crippen LogP contribution in [-0.4, -0.2) is 28.8 Å². The maximum atomic E-state index is 12.0. The summed E-state index contributed by atoms with van der Waals surface area (Å²) in [6.07, 6.45) is 3.09. The van der Waals surface area contributed by atoms with Crippen LogP contribution in [0.3, 0.4) is 0 Å². The molecule has 2 aromatic rings. The van der Waals surface area contributed by atoms with Gasteiger partial charge in [-0.15, -0.1) is 0 Å². The number of carbonyl (C=O) groups excluding carboxylic acids is 1. The Morgan fingerprint density at radius 2 is 2.00 bits per heavy atom. The summed E-state index contributed by atoms with van der Waals surface area (Å²) in [5.41, 5.74) is 1.26. The van der Waals surface area contributed by atoms with Gasteiger partial charge in [0.15, 0.2) is 0 Å². The van der Waals surface area contributed by atoms with Crippen molar-refractivity contribution in [1.82, 2.24) is 10.3 Å². The lowest BCUT2D eigenvalue weighted by Crippen LogP contribution is -2.47. The van der Waals surface area contributed by atoms with E-state index >= 15 is 0 Å². The number of oxazole rings is 1. The zero-order valence-electron chi connectivity index (χ0n) is 13.0. The Balaban J connectivity index is 1.97. The molecule has 0 radical (unpaired) electrons. The van der Waals surface area contributed by atoms with Crippen LogP contribution in [0.2, 0.25) is 0 Å². The van der Waals surface area contributed by atoms with E-state index in [1.165, 1.54) is 6.26 Å². The van der Waals surface area contributed by atoms with E-state index in [2.05, 4.69) is 15.6 Å². The van der Waals surface area contributed by atoms with Gasteiger partial charge in [-0.3, -0.25) is 0 Å². The molecule has 2 rings (SSSR count). The molecule has 0 aliphatic heterocycles. The van der Waals surface area contributed by atoms with E-state index in [4.69, 9.17) is 4.42 Å². The van der Waals surface area contributed by atoms with E-state index in [1.54, 1.807) is 18.3 Å². The second kappa shape index (κ2) is 6.62. The summed E-state index contributed by atoms with van der Waals surface area (Å²) >= 11 is 0. The van der Waals surface area contributed by atoms with Crippen LogP contribution in [0, 0.1) is 5.41 Å². The van der Waals surface area contributed by atoms with Gasteiger partial charge in [0.25, 0.3) is 0 Å². The summed E-state index contributed by atoms with van der Waals surface area (Å²) in [6.45, 7) is 5.76. The molecule has 3 N–H and O–H groups in total. The highest BCUT2D eigenvalue weighted by Gasteiger charge is 2.25. The van der Waals surface area contributed by atoms with Gasteiger partial charge in [-0.2, -0.15) is 0 Å². The van der Waals surface area contributed by atoms with Crippen LogP contribution in [0.25, 0.3) is 11.5 Å². The van der Waals surface area contributed by atoms with Crippen molar-refractivity contribution in [2.75, 3.05) is 11.9 Å². The molecule has 0 fully saturated rings. The van der Waals surface area contributed by atoms with Crippen LogP contribution >= 0.6 is 0 Å². The molecule has 0 saturated carbocycles. The molecule has 2 amide bonds. The van der Waals surface area contributed by atoms with Gasteiger partial charge in [0.1, 0.15) is 6.26 Å². The van der Waals surface area contributed by atoms with Crippen molar-refractivity contribution in [2.45, 2.75) is 26.8 Å². The average Bonchev–Trinajstić information content (AvgIpc) is 2.98. The fraction of sp³-hybridized carbons (Fsp3) is 0.375. The van der Waals surface area contributed by atoms with E-state index in [9.17, 15) is 9.90 Å². The van der Waals surface area contributed by atoms with Crippen LogP contribution < -0.4 is 10.6 Å². The monoisotopic (exact) mass is 303 g/mol. The molecule has 6 nitrogen and oxygen atoms in total. The SMILES string of the molecule is CC(C)(C)[C@@H](CO)NC(=O)Nc1ccc(-c2ncco2)cc1. The van der Waals surface area contributed by atoms with Crippen molar-refractivity contribution in [2.24, 2.45) is 5.41 Å². The Hall–Kier alpha value is -2.34. The first kappa shape index (κ1) is 16.0. The predicted molar refractivity (Wildman–Crippen MR) is 84.4 cm³/mol. The molecule has 0 unspecified atom stereocenters. The average molecular weight is 303 g/mol. The van der Waals surface area contributed by atoms with Crippen LogP contribution in [0.5, 0.6) is 0 Å². The number of carbonyl (C=O) groups is 1. The number of amides is 2. The third-order valence-corrected chi connectivity index (χ3v) is 3.36. The molecule has 1 aromatic heterocycles. The number of benzene rings is 1. The summed E-state index contributed by atoms with van der Waals surface area (Å²) in [7, 11) is 0. The third-order valence-electron chi connectivity index (χ3n) is 3.36. The molecule has 0 saturated heterocycles. The highest BCUT2D eigenvalue weighted by atomic mass is 16.3. The summed E-state index contributed by atoms with van der Waals surface area (Å²) in [5.74, 6) is 0.532. The van der Waals surface area contributed by atoms with Gasteiger partial charge in [-0.05, 0) is 29.7 Å². The summed E-state index contributed by atoms with van der Waals surface area (Å²) in [6, 6.07) is 6.49. The minimum Gasteiger partial charge on any atom is -0.445 e. The van der Waals surface area contributed by atoms with Crippen molar-refractivity contribution in [3.8, 4) is 11.5 Å². The maximum absolute atomic E-state index is 12.0.